The SMILES string of the molecule is COc1cccc(F)c1C(N)CCN1CCN(C)CC1C. The number of halogens is 1. The van der Waals surface area contributed by atoms with E-state index in [1.54, 1.807) is 19.2 Å². The standard InChI is InChI=1S/C16H26FN3O/c1-12-11-19(2)9-10-20(12)8-7-14(18)16-13(17)5-4-6-15(16)21-3/h4-6,12,14H,7-11,18H2,1-3H3. The molecule has 1 aliphatic rings. The van der Waals surface area contributed by atoms with Gasteiger partial charge in [-0.25, -0.2) is 4.39 Å². The molecule has 118 valence electrons. The van der Waals surface area contributed by atoms with Gasteiger partial charge in [0.2, 0.25) is 0 Å². The van der Waals surface area contributed by atoms with Crippen LogP contribution < -0.4 is 10.5 Å². The Morgan fingerprint density at radius 3 is 2.86 bits per heavy atom. The van der Waals surface area contributed by atoms with Gasteiger partial charge in [0.05, 0.1) is 7.11 Å². The highest BCUT2D eigenvalue weighted by Gasteiger charge is 2.23. The van der Waals surface area contributed by atoms with Crippen molar-refractivity contribution < 1.29 is 9.13 Å². The lowest BCUT2D eigenvalue weighted by atomic mass is 10.0. The molecule has 0 spiro atoms. The zero-order chi connectivity index (χ0) is 15.4. The van der Waals surface area contributed by atoms with Crippen LogP contribution in [0.3, 0.4) is 0 Å². The maximum atomic E-state index is 14.0. The molecular weight excluding hydrogens is 269 g/mol. The Morgan fingerprint density at radius 2 is 2.19 bits per heavy atom. The number of piperazine rings is 1. The molecule has 0 aromatic heterocycles. The highest BCUT2D eigenvalue weighted by Crippen LogP contribution is 2.28. The lowest BCUT2D eigenvalue weighted by Crippen LogP contribution is -2.50. The van der Waals surface area contributed by atoms with Crippen LogP contribution in [-0.2, 0) is 0 Å². The number of benzene rings is 1. The molecule has 0 aliphatic carbocycles. The lowest BCUT2D eigenvalue weighted by molar-refractivity contribution is 0.0971. The molecule has 0 radical (unpaired) electrons. The number of hydrogen-bond donors (Lipinski definition) is 1. The normalized spacial score (nSPS) is 22.2. The van der Waals surface area contributed by atoms with Gasteiger partial charge in [-0.15, -0.1) is 0 Å². The first kappa shape index (κ1) is 16.2. The molecule has 2 atom stereocenters. The van der Waals surface area contributed by atoms with Crippen LogP contribution in [0.5, 0.6) is 5.75 Å². The van der Waals surface area contributed by atoms with Crippen LogP contribution in [0.2, 0.25) is 0 Å². The summed E-state index contributed by atoms with van der Waals surface area (Å²) in [4.78, 5) is 4.76. The number of hydrogen-bond acceptors (Lipinski definition) is 4. The number of methoxy groups -OCH3 is 1. The first-order valence-corrected chi connectivity index (χ1v) is 7.53. The second-order valence-electron chi connectivity index (χ2n) is 5.90. The van der Waals surface area contributed by atoms with E-state index in [2.05, 4.69) is 23.8 Å². The number of rotatable bonds is 5. The minimum absolute atomic E-state index is 0.284. The Labute approximate surface area is 126 Å². The average molecular weight is 295 g/mol. The van der Waals surface area contributed by atoms with E-state index in [-0.39, 0.29) is 11.9 Å². The molecule has 1 heterocycles. The van der Waals surface area contributed by atoms with Crippen molar-refractivity contribution in [2.24, 2.45) is 5.73 Å². The molecule has 2 N–H and O–H groups in total. The molecule has 0 saturated carbocycles. The van der Waals surface area contributed by atoms with Crippen molar-refractivity contribution in [2.75, 3.05) is 40.3 Å². The minimum atomic E-state index is -0.340. The van der Waals surface area contributed by atoms with Crippen LogP contribution in [-0.4, -0.2) is 56.2 Å². The first-order valence-electron chi connectivity index (χ1n) is 7.53. The monoisotopic (exact) mass is 295 g/mol. The predicted molar refractivity (Wildman–Crippen MR) is 83.0 cm³/mol. The minimum Gasteiger partial charge on any atom is -0.496 e. The van der Waals surface area contributed by atoms with Crippen LogP contribution in [0.4, 0.5) is 4.39 Å². The number of likely N-dealkylation sites (N-methyl/N-ethyl adjacent to an activating group) is 1. The van der Waals surface area contributed by atoms with Gasteiger partial charge in [0.15, 0.2) is 0 Å². The molecule has 2 unspecified atom stereocenters. The molecule has 4 nitrogen and oxygen atoms in total. The number of nitrogens with zero attached hydrogens (tertiary/aromatic N) is 2. The quantitative estimate of drug-likeness (QED) is 0.900. The summed E-state index contributed by atoms with van der Waals surface area (Å²) in [5.74, 6) is 0.252. The van der Waals surface area contributed by atoms with Gasteiger partial charge in [-0.3, -0.25) is 4.90 Å². The van der Waals surface area contributed by atoms with Gasteiger partial charge in [-0.1, -0.05) is 6.07 Å². The molecular formula is C16H26FN3O. The lowest BCUT2D eigenvalue weighted by Gasteiger charge is -2.38. The van der Waals surface area contributed by atoms with Crippen LogP contribution in [0.25, 0.3) is 0 Å². The summed E-state index contributed by atoms with van der Waals surface area (Å²) in [6, 6.07) is 5.02. The molecule has 1 aromatic carbocycles. The van der Waals surface area contributed by atoms with E-state index >= 15 is 0 Å². The summed E-state index contributed by atoms with van der Waals surface area (Å²) in [7, 11) is 3.69. The second-order valence-corrected chi connectivity index (χ2v) is 5.90. The number of nitrogens with two attached hydrogens (primary N) is 1. The Bertz CT molecular complexity index is 469. The highest BCUT2D eigenvalue weighted by molar-refractivity contribution is 5.37. The first-order chi connectivity index (χ1) is 10.0. The third-order valence-electron chi connectivity index (χ3n) is 4.30. The van der Waals surface area contributed by atoms with Crippen LogP contribution >= 0.6 is 0 Å². The molecule has 1 aliphatic heterocycles. The van der Waals surface area contributed by atoms with Crippen molar-refractivity contribution in [2.45, 2.75) is 25.4 Å². The summed E-state index contributed by atoms with van der Waals surface area (Å²) in [6.07, 6.45) is 0.728. The van der Waals surface area contributed by atoms with E-state index in [4.69, 9.17) is 10.5 Å². The average Bonchev–Trinajstić information content (AvgIpc) is 2.45. The Kier molecular flexibility index (Phi) is 5.56. The van der Waals surface area contributed by atoms with Crippen LogP contribution in [0, 0.1) is 5.82 Å². The Morgan fingerprint density at radius 1 is 1.43 bits per heavy atom. The fraction of sp³-hybridized carbons (Fsp3) is 0.625. The van der Waals surface area contributed by atoms with Crippen molar-refractivity contribution in [1.29, 1.82) is 0 Å². The van der Waals surface area contributed by atoms with Gasteiger partial charge in [-0.05, 0) is 32.5 Å². The van der Waals surface area contributed by atoms with E-state index in [0.29, 0.717) is 17.4 Å². The van der Waals surface area contributed by atoms with Crippen molar-refractivity contribution in [3.63, 3.8) is 0 Å². The largest absolute Gasteiger partial charge is 0.496 e. The fourth-order valence-corrected chi connectivity index (χ4v) is 3.01. The highest BCUT2D eigenvalue weighted by atomic mass is 19.1. The molecule has 0 bridgehead atoms. The molecule has 1 fully saturated rings. The van der Waals surface area contributed by atoms with E-state index < -0.39 is 0 Å². The molecule has 0 amide bonds. The van der Waals surface area contributed by atoms with E-state index in [0.717, 1.165) is 32.6 Å². The van der Waals surface area contributed by atoms with Gasteiger partial charge < -0.3 is 15.4 Å². The zero-order valence-corrected chi connectivity index (χ0v) is 13.2. The van der Waals surface area contributed by atoms with Gasteiger partial charge in [-0.2, -0.15) is 0 Å². The predicted octanol–water partition coefficient (Wildman–Crippen LogP) is 1.86. The number of ether oxygens (including phenoxy) is 1. The third kappa shape index (κ3) is 3.93. The topological polar surface area (TPSA) is 41.7 Å². The van der Waals surface area contributed by atoms with Crippen molar-refractivity contribution in [1.82, 2.24) is 9.80 Å². The second kappa shape index (κ2) is 7.20. The van der Waals surface area contributed by atoms with Gasteiger partial charge in [0.1, 0.15) is 11.6 Å². The maximum Gasteiger partial charge on any atom is 0.131 e. The smallest absolute Gasteiger partial charge is 0.131 e. The molecule has 5 heteroatoms. The van der Waals surface area contributed by atoms with Gasteiger partial charge in [0, 0.05) is 43.8 Å². The molecule has 2 rings (SSSR count). The van der Waals surface area contributed by atoms with Crippen molar-refractivity contribution in [3.05, 3.63) is 29.6 Å². The Hall–Kier alpha value is -1.17. The maximum absolute atomic E-state index is 14.0. The van der Waals surface area contributed by atoms with Crippen molar-refractivity contribution in [3.8, 4) is 5.75 Å². The Balaban J connectivity index is 1.97. The molecule has 21 heavy (non-hydrogen) atoms. The van der Waals surface area contributed by atoms with Crippen LogP contribution in [0.15, 0.2) is 18.2 Å². The zero-order valence-electron chi connectivity index (χ0n) is 13.2. The van der Waals surface area contributed by atoms with Crippen molar-refractivity contribution >= 4 is 0 Å². The van der Waals surface area contributed by atoms with Gasteiger partial charge >= 0.3 is 0 Å². The fourth-order valence-electron chi connectivity index (χ4n) is 3.01. The summed E-state index contributed by atoms with van der Waals surface area (Å²) < 4.78 is 19.2. The van der Waals surface area contributed by atoms with Gasteiger partial charge in [0.25, 0.3) is 0 Å². The third-order valence-corrected chi connectivity index (χ3v) is 4.30. The summed E-state index contributed by atoms with van der Waals surface area (Å²) >= 11 is 0. The van der Waals surface area contributed by atoms with E-state index in [9.17, 15) is 4.39 Å². The molecule has 1 aromatic rings. The molecule has 1 saturated heterocycles. The summed E-state index contributed by atoms with van der Waals surface area (Å²) in [6.45, 7) is 6.29. The summed E-state index contributed by atoms with van der Waals surface area (Å²) in [5, 5.41) is 0. The van der Waals surface area contributed by atoms with E-state index in [1.165, 1.54) is 6.07 Å². The van der Waals surface area contributed by atoms with E-state index in [1.807, 2.05) is 0 Å². The summed E-state index contributed by atoms with van der Waals surface area (Å²) in [5.41, 5.74) is 6.69. The van der Waals surface area contributed by atoms with Crippen LogP contribution in [0.1, 0.15) is 24.9 Å².